The molecule has 1 aliphatic rings. The van der Waals surface area contributed by atoms with E-state index in [1.807, 2.05) is 6.20 Å². The molecule has 1 N–H and O–H groups in total. The number of hydrogen-bond donors (Lipinski definition) is 1. The van der Waals surface area contributed by atoms with Crippen molar-refractivity contribution < 1.29 is 0 Å². The molecule has 1 aliphatic carbocycles. The number of aromatic amines is 1. The predicted molar refractivity (Wildman–Crippen MR) is 97.6 cm³/mol. The Kier molecular flexibility index (Phi) is 6.53. The summed E-state index contributed by atoms with van der Waals surface area (Å²) < 4.78 is 0. The third-order valence-corrected chi connectivity index (χ3v) is 4.59. The quantitative estimate of drug-likeness (QED) is 0.755. The van der Waals surface area contributed by atoms with Gasteiger partial charge in [0.15, 0.2) is 0 Å². The van der Waals surface area contributed by atoms with Crippen LogP contribution < -0.4 is 0 Å². The minimum Gasteiger partial charge on any atom is -0.361 e. The van der Waals surface area contributed by atoms with Gasteiger partial charge in [-0.2, -0.15) is 0 Å². The lowest BCUT2D eigenvalue weighted by molar-refractivity contribution is 0.361. The Hall–Kier alpha value is -1.25. The molecule has 1 saturated carbocycles. The van der Waals surface area contributed by atoms with E-state index in [0.717, 1.165) is 19.0 Å². The lowest BCUT2D eigenvalue weighted by atomic mass is 9.89. The molecule has 120 valence electrons. The smallest absolute Gasteiger partial charge is 0.0499 e. The van der Waals surface area contributed by atoms with Gasteiger partial charge in [0.1, 0.15) is 0 Å². The van der Waals surface area contributed by atoms with Gasteiger partial charge in [0, 0.05) is 24.8 Å². The Morgan fingerprint density at radius 2 is 2.00 bits per heavy atom. The minimum atomic E-state index is 0. The van der Waals surface area contributed by atoms with Gasteiger partial charge < -0.3 is 4.98 Å². The van der Waals surface area contributed by atoms with Crippen LogP contribution in [0.5, 0.6) is 0 Å². The molecule has 0 radical (unpaired) electrons. The zero-order valence-corrected chi connectivity index (χ0v) is 14.2. The Balaban J connectivity index is 0.00000176. The number of nitrogens with zero attached hydrogens (tertiary/aromatic N) is 1. The first kappa shape index (κ1) is 17.1. The molecule has 1 heterocycles. The number of hydrogen-bond acceptors (Lipinski definition) is 1. The number of rotatable bonds is 5. The van der Waals surface area contributed by atoms with Crippen LogP contribution in [0.3, 0.4) is 0 Å². The summed E-state index contributed by atoms with van der Waals surface area (Å²) in [5.41, 5.74) is 2.66. The van der Waals surface area contributed by atoms with Crippen LogP contribution in [0.15, 0.2) is 42.6 Å². The van der Waals surface area contributed by atoms with Gasteiger partial charge in [-0.25, -0.2) is 0 Å². The Bertz CT molecular complexity index is 596. The summed E-state index contributed by atoms with van der Waals surface area (Å²) in [4.78, 5) is 5.74. The molecule has 1 aromatic carbocycles. The molecule has 1 fully saturated rings. The van der Waals surface area contributed by atoms with Gasteiger partial charge in [-0.15, -0.1) is 12.4 Å². The van der Waals surface area contributed by atoms with Crippen molar-refractivity contribution in [1.29, 1.82) is 0 Å². The van der Waals surface area contributed by atoms with Crippen LogP contribution in [0.25, 0.3) is 10.9 Å². The maximum absolute atomic E-state index is 3.36. The average molecular weight is 319 g/mol. The van der Waals surface area contributed by atoms with Crippen molar-refractivity contribution in [2.24, 2.45) is 5.92 Å². The molecule has 0 bridgehead atoms. The van der Waals surface area contributed by atoms with E-state index >= 15 is 0 Å². The number of fused-ring (bicyclic) bond motifs is 1. The summed E-state index contributed by atoms with van der Waals surface area (Å²) in [5.74, 6) is 0.832. The van der Waals surface area contributed by atoms with Gasteiger partial charge in [-0.05, 0) is 42.8 Å². The van der Waals surface area contributed by atoms with Gasteiger partial charge in [0.25, 0.3) is 0 Å². The number of para-hydroxylation sites is 1. The maximum atomic E-state index is 3.36. The highest BCUT2D eigenvalue weighted by molar-refractivity contribution is 5.85. The van der Waals surface area contributed by atoms with E-state index in [1.54, 1.807) is 0 Å². The second kappa shape index (κ2) is 8.40. The van der Waals surface area contributed by atoms with Crippen LogP contribution in [0.2, 0.25) is 0 Å². The van der Waals surface area contributed by atoms with E-state index in [0.29, 0.717) is 0 Å². The monoisotopic (exact) mass is 318 g/mol. The van der Waals surface area contributed by atoms with Crippen LogP contribution in [0, 0.1) is 5.92 Å². The van der Waals surface area contributed by atoms with Crippen molar-refractivity contribution in [3.05, 3.63) is 48.2 Å². The predicted octanol–water partition coefficient (Wildman–Crippen LogP) is 5.16. The third-order valence-electron chi connectivity index (χ3n) is 4.59. The number of benzene rings is 1. The number of likely N-dealkylation sites (N-methyl/N-ethyl adjacent to an activating group) is 1. The van der Waals surface area contributed by atoms with Gasteiger partial charge in [0.2, 0.25) is 0 Å². The highest BCUT2D eigenvalue weighted by Crippen LogP contribution is 2.24. The molecule has 0 unspecified atom stereocenters. The molecule has 1 aromatic heterocycles. The fraction of sp³-hybridized carbons (Fsp3) is 0.474. The molecule has 0 aliphatic heterocycles. The summed E-state index contributed by atoms with van der Waals surface area (Å²) in [7, 11) is 2.20. The van der Waals surface area contributed by atoms with Gasteiger partial charge in [-0.1, -0.05) is 49.6 Å². The summed E-state index contributed by atoms with van der Waals surface area (Å²) in [5, 5.41) is 1.30. The van der Waals surface area contributed by atoms with Crippen molar-refractivity contribution in [2.75, 3.05) is 13.6 Å². The van der Waals surface area contributed by atoms with Gasteiger partial charge in [-0.3, -0.25) is 4.90 Å². The molecular formula is C19H27ClN2. The molecule has 3 rings (SSSR count). The SMILES string of the molecule is CN(C/C=C/C1CCCCC1)Cc1cccc2cc[nH]c12.Cl. The number of halogens is 1. The molecule has 0 spiro atoms. The molecule has 0 saturated heterocycles. The first-order valence-corrected chi connectivity index (χ1v) is 8.23. The van der Waals surface area contributed by atoms with E-state index in [9.17, 15) is 0 Å². The summed E-state index contributed by atoms with van der Waals surface area (Å²) >= 11 is 0. The van der Waals surface area contributed by atoms with Crippen LogP contribution in [-0.4, -0.2) is 23.5 Å². The van der Waals surface area contributed by atoms with E-state index in [4.69, 9.17) is 0 Å². The van der Waals surface area contributed by atoms with Crippen molar-refractivity contribution >= 4 is 23.3 Å². The molecule has 0 amide bonds. The second-order valence-electron chi connectivity index (χ2n) is 6.38. The normalized spacial score (nSPS) is 16.5. The molecule has 22 heavy (non-hydrogen) atoms. The van der Waals surface area contributed by atoms with Crippen molar-refractivity contribution in [3.8, 4) is 0 Å². The zero-order valence-electron chi connectivity index (χ0n) is 13.4. The van der Waals surface area contributed by atoms with E-state index in [2.05, 4.69) is 53.3 Å². The summed E-state index contributed by atoms with van der Waals surface area (Å²) in [6, 6.07) is 8.68. The van der Waals surface area contributed by atoms with E-state index in [-0.39, 0.29) is 12.4 Å². The summed E-state index contributed by atoms with van der Waals surface area (Å²) in [6.45, 7) is 2.03. The average Bonchev–Trinajstić information content (AvgIpc) is 2.98. The third kappa shape index (κ3) is 4.37. The Labute approximate surface area is 140 Å². The maximum Gasteiger partial charge on any atom is 0.0499 e. The molecular weight excluding hydrogens is 292 g/mol. The Morgan fingerprint density at radius 3 is 2.82 bits per heavy atom. The highest BCUT2D eigenvalue weighted by Gasteiger charge is 2.09. The van der Waals surface area contributed by atoms with Gasteiger partial charge >= 0.3 is 0 Å². The topological polar surface area (TPSA) is 19.0 Å². The number of aromatic nitrogens is 1. The fourth-order valence-corrected chi connectivity index (χ4v) is 3.40. The number of nitrogens with one attached hydrogen (secondary N) is 1. The first-order chi connectivity index (χ1) is 10.3. The Morgan fingerprint density at radius 1 is 1.18 bits per heavy atom. The first-order valence-electron chi connectivity index (χ1n) is 8.23. The van der Waals surface area contributed by atoms with E-state index < -0.39 is 0 Å². The lowest BCUT2D eigenvalue weighted by Crippen LogP contribution is -2.18. The lowest BCUT2D eigenvalue weighted by Gasteiger charge is -2.19. The number of allylic oxidation sites excluding steroid dienone is 1. The largest absolute Gasteiger partial charge is 0.361 e. The number of H-pyrrole nitrogens is 1. The van der Waals surface area contributed by atoms with Crippen LogP contribution in [0.1, 0.15) is 37.7 Å². The second-order valence-corrected chi connectivity index (χ2v) is 6.38. The molecule has 2 aromatic rings. The van der Waals surface area contributed by atoms with E-state index in [1.165, 1.54) is 48.6 Å². The zero-order chi connectivity index (χ0) is 14.5. The summed E-state index contributed by atoms with van der Waals surface area (Å²) in [6.07, 6.45) is 13.9. The fourth-order valence-electron chi connectivity index (χ4n) is 3.40. The van der Waals surface area contributed by atoms with Crippen molar-refractivity contribution in [3.63, 3.8) is 0 Å². The minimum absolute atomic E-state index is 0. The van der Waals surface area contributed by atoms with Crippen molar-refractivity contribution in [2.45, 2.75) is 38.6 Å². The molecule has 0 atom stereocenters. The highest BCUT2D eigenvalue weighted by atomic mass is 35.5. The van der Waals surface area contributed by atoms with Crippen molar-refractivity contribution in [1.82, 2.24) is 9.88 Å². The molecule has 2 nitrogen and oxygen atoms in total. The molecule has 3 heteroatoms. The van der Waals surface area contributed by atoms with Gasteiger partial charge in [0.05, 0.1) is 0 Å². The van der Waals surface area contributed by atoms with Crippen LogP contribution in [0.4, 0.5) is 0 Å². The van der Waals surface area contributed by atoms with Crippen LogP contribution in [-0.2, 0) is 6.54 Å². The van der Waals surface area contributed by atoms with Crippen LogP contribution >= 0.6 is 12.4 Å². The standard InChI is InChI=1S/C19H26N2.ClH/c1-21(14-6-9-16-7-3-2-4-8-16)15-18-11-5-10-17-12-13-20-19(17)18;/h5-6,9-13,16,20H,2-4,7-8,14-15H2,1H3;1H/b9-6+;.